The number of nitrogens with zero attached hydrogens (tertiary/aromatic N) is 1. The van der Waals surface area contributed by atoms with E-state index in [-0.39, 0.29) is 16.5 Å². The Labute approximate surface area is 118 Å². The highest BCUT2D eigenvalue weighted by Crippen LogP contribution is 2.33. The lowest BCUT2D eigenvalue weighted by molar-refractivity contribution is -0.123. The molecule has 3 amide bonds. The molecule has 2 heterocycles. The normalized spacial score (nSPS) is 21.9. The lowest BCUT2D eigenvalue weighted by Crippen LogP contribution is -2.41. The number of phenols is 1. The van der Waals surface area contributed by atoms with Crippen LogP contribution in [0.15, 0.2) is 24.3 Å². The van der Waals surface area contributed by atoms with Gasteiger partial charge in [-0.25, -0.2) is 9.78 Å². The van der Waals surface area contributed by atoms with Crippen LogP contribution in [0, 0.1) is 0 Å². The molecule has 1 aliphatic rings. The molecule has 3 N–H and O–H groups in total. The third-order valence-corrected chi connectivity index (χ3v) is 3.58. The summed E-state index contributed by atoms with van der Waals surface area (Å²) in [4.78, 5) is 27.5. The van der Waals surface area contributed by atoms with Crippen molar-refractivity contribution in [3.05, 3.63) is 35.0 Å². The maximum atomic E-state index is 11.9. The number of phenolic OH excluding ortho intramolecular Hbond substituents is 1. The number of nitrogens with one attached hydrogen (secondary N) is 2. The van der Waals surface area contributed by atoms with Crippen LogP contribution in [0.2, 0.25) is 5.02 Å². The summed E-state index contributed by atoms with van der Waals surface area (Å²) in [6, 6.07) is 5.90. The number of para-hydroxylation sites is 1. The molecule has 0 radical (unpaired) electrons. The van der Waals surface area contributed by atoms with Gasteiger partial charge in [-0.2, -0.15) is 0 Å². The summed E-state index contributed by atoms with van der Waals surface area (Å²) in [5.74, 6) is -0.555. The van der Waals surface area contributed by atoms with Gasteiger partial charge in [-0.05, 0) is 19.1 Å². The van der Waals surface area contributed by atoms with Gasteiger partial charge in [0.15, 0.2) is 5.54 Å². The fraction of sp³-hybridized carbons (Fsp3) is 0.154. The van der Waals surface area contributed by atoms with E-state index in [9.17, 15) is 14.7 Å². The highest BCUT2D eigenvalue weighted by molar-refractivity contribution is 6.32. The molecule has 0 spiro atoms. The van der Waals surface area contributed by atoms with Crippen LogP contribution in [0.4, 0.5) is 4.79 Å². The Balaban J connectivity index is 2.26. The topological polar surface area (TPSA) is 91.3 Å². The number of amides is 3. The number of aromatic hydroxyl groups is 1. The molecule has 0 saturated carbocycles. The molecular formula is C13H10ClN3O3. The number of carbonyl (C=O) groups is 2. The molecule has 1 aromatic heterocycles. The molecule has 20 heavy (non-hydrogen) atoms. The maximum Gasteiger partial charge on any atom is 0.322 e. The quantitative estimate of drug-likeness (QED) is 0.697. The van der Waals surface area contributed by atoms with Crippen LogP contribution in [0.25, 0.3) is 10.9 Å². The molecule has 7 heteroatoms. The fourth-order valence-corrected chi connectivity index (χ4v) is 2.57. The van der Waals surface area contributed by atoms with E-state index in [4.69, 9.17) is 11.6 Å². The molecule has 1 aromatic carbocycles. The molecular weight excluding hydrogens is 282 g/mol. The van der Waals surface area contributed by atoms with Gasteiger partial charge in [-0.15, -0.1) is 0 Å². The van der Waals surface area contributed by atoms with Gasteiger partial charge in [0, 0.05) is 5.39 Å². The van der Waals surface area contributed by atoms with E-state index in [0.29, 0.717) is 10.9 Å². The lowest BCUT2D eigenvalue weighted by Gasteiger charge is -2.21. The molecule has 0 aliphatic carbocycles. The first kappa shape index (κ1) is 12.7. The van der Waals surface area contributed by atoms with Crippen LogP contribution in [0.3, 0.4) is 0 Å². The van der Waals surface area contributed by atoms with Crippen molar-refractivity contribution in [3.63, 3.8) is 0 Å². The molecule has 102 valence electrons. The fourth-order valence-electron chi connectivity index (χ4n) is 2.22. The Bertz CT molecular complexity index is 762. The number of urea groups is 1. The highest BCUT2D eigenvalue weighted by atomic mass is 35.5. The predicted octanol–water partition coefficient (Wildman–Crippen LogP) is 1.65. The van der Waals surface area contributed by atoms with Gasteiger partial charge < -0.3 is 10.4 Å². The van der Waals surface area contributed by atoms with E-state index in [2.05, 4.69) is 15.6 Å². The second-order valence-corrected chi connectivity index (χ2v) is 5.11. The van der Waals surface area contributed by atoms with E-state index in [1.807, 2.05) is 0 Å². The minimum Gasteiger partial charge on any atom is -0.506 e. The Hall–Kier alpha value is -2.34. The van der Waals surface area contributed by atoms with Crippen molar-refractivity contribution in [2.75, 3.05) is 0 Å². The third-order valence-electron chi connectivity index (χ3n) is 3.30. The van der Waals surface area contributed by atoms with Gasteiger partial charge in [0.2, 0.25) is 0 Å². The average molecular weight is 292 g/mol. The number of imide groups is 1. The van der Waals surface area contributed by atoms with Gasteiger partial charge >= 0.3 is 6.03 Å². The number of rotatable bonds is 1. The van der Waals surface area contributed by atoms with Gasteiger partial charge in [0.25, 0.3) is 5.91 Å². The lowest BCUT2D eigenvalue weighted by atomic mass is 9.96. The number of pyridine rings is 1. The summed E-state index contributed by atoms with van der Waals surface area (Å²) < 4.78 is 0. The maximum absolute atomic E-state index is 11.9. The zero-order valence-corrected chi connectivity index (χ0v) is 11.2. The first-order chi connectivity index (χ1) is 9.41. The molecule has 6 nitrogen and oxygen atoms in total. The summed E-state index contributed by atoms with van der Waals surface area (Å²) >= 11 is 6.16. The second kappa shape index (κ2) is 4.08. The largest absolute Gasteiger partial charge is 0.506 e. The van der Waals surface area contributed by atoms with Crippen molar-refractivity contribution in [3.8, 4) is 5.75 Å². The molecule has 1 unspecified atom stereocenters. The van der Waals surface area contributed by atoms with Crippen molar-refractivity contribution in [2.24, 2.45) is 0 Å². The number of aromatic nitrogens is 1. The minimum absolute atomic E-state index is 0.0197. The molecule has 2 aromatic rings. The van der Waals surface area contributed by atoms with Crippen molar-refractivity contribution in [1.82, 2.24) is 15.6 Å². The Morgan fingerprint density at radius 3 is 2.75 bits per heavy atom. The van der Waals surface area contributed by atoms with Crippen LogP contribution in [-0.2, 0) is 10.3 Å². The number of halogens is 1. The van der Waals surface area contributed by atoms with Gasteiger partial charge in [-0.3, -0.25) is 10.1 Å². The number of hydrogen-bond acceptors (Lipinski definition) is 4. The SMILES string of the molecule is CC1(c2nc3c(O)cccc3cc2Cl)NC(=O)NC1=O. The Morgan fingerprint density at radius 2 is 2.10 bits per heavy atom. The van der Waals surface area contributed by atoms with Crippen LogP contribution < -0.4 is 10.6 Å². The van der Waals surface area contributed by atoms with Crippen LogP contribution in [0.1, 0.15) is 12.6 Å². The first-order valence-corrected chi connectivity index (χ1v) is 6.22. The molecule has 3 rings (SSSR count). The zero-order valence-electron chi connectivity index (χ0n) is 10.4. The van der Waals surface area contributed by atoms with Crippen molar-refractivity contribution < 1.29 is 14.7 Å². The highest BCUT2D eigenvalue weighted by Gasteiger charge is 2.46. The summed E-state index contributed by atoms with van der Waals surface area (Å²) in [7, 11) is 0. The van der Waals surface area contributed by atoms with Crippen molar-refractivity contribution in [1.29, 1.82) is 0 Å². The van der Waals surface area contributed by atoms with Crippen LogP contribution >= 0.6 is 11.6 Å². The van der Waals surface area contributed by atoms with E-state index in [0.717, 1.165) is 0 Å². The summed E-state index contributed by atoms with van der Waals surface area (Å²) in [6.45, 7) is 1.51. The number of fused-ring (bicyclic) bond motifs is 1. The summed E-state index contributed by atoms with van der Waals surface area (Å²) in [5.41, 5.74) is -0.844. The van der Waals surface area contributed by atoms with E-state index in [1.54, 1.807) is 18.2 Å². The number of hydrogen-bond donors (Lipinski definition) is 3. The van der Waals surface area contributed by atoms with E-state index in [1.165, 1.54) is 13.0 Å². The zero-order chi connectivity index (χ0) is 14.5. The standard InChI is InChI=1S/C13H10ClN3O3/c1-13(11(19)16-12(20)17-13)10-7(14)5-6-3-2-4-8(18)9(6)15-10/h2-5,18H,1H3,(H2,16,17,19,20). The van der Waals surface area contributed by atoms with Gasteiger partial charge in [-0.1, -0.05) is 23.7 Å². The van der Waals surface area contributed by atoms with Crippen molar-refractivity contribution in [2.45, 2.75) is 12.5 Å². The monoisotopic (exact) mass is 291 g/mol. The molecule has 0 bridgehead atoms. The minimum atomic E-state index is -1.36. The first-order valence-electron chi connectivity index (χ1n) is 5.84. The Morgan fingerprint density at radius 1 is 1.35 bits per heavy atom. The van der Waals surface area contributed by atoms with E-state index < -0.39 is 17.5 Å². The third kappa shape index (κ3) is 1.69. The smallest absolute Gasteiger partial charge is 0.322 e. The molecule has 1 atom stereocenters. The number of carbonyl (C=O) groups excluding carboxylic acids is 2. The van der Waals surface area contributed by atoms with Gasteiger partial charge in [0.05, 0.1) is 10.7 Å². The summed E-state index contributed by atoms with van der Waals surface area (Å²) in [5, 5.41) is 15.4. The Kier molecular flexibility index (Phi) is 2.58. The average Bonchev–Trinajstić information content (AvgIpc) is 2.63. The van der Waals surface area contributed by atoms with Gasteiger partial charge in [0.1, 0.15) is 11.3 Å². The number of benzene rings is 1. The summed E-state index contributed by atoms with van der Waals surface area (Å²) in [6.07, 6.45) is 0. The van der Waals surface area contributed by atoms with E-state index >= 15 is 0 Å². The van der Waals surface area contributed by atoms with Crippen molar-refractivity contribution >= 4 is 34.4 Å². The van der Waals surface area contributed by atoms with Crippen LogP contribution in [0.5, 0.6) is 5.75 Å². The predicted molar refractivity (Wildman–Crippen MR) is 72.4 cm³/mol. The second-order valence-electron chi connectivity index (χ2n) is 4.70. The molecule has 1 saturated heterocycles. The molecule has 1 fully saturated rings. The molecule has 1 aliphatic heterocycles. The van der Waals surface area contributed by atoms with Crippen LogP contribution in [-0.4, -0.2) is 22.0 Å².